The molecule has 3 heteroatoms. The fraction of sp³-hybridized carbons (Fsp3) is 0.368. The van der Waals surface area contributed by atoms with Crippen LogP contribution in [0.25, 0.3) is 0 Å². The minimum absolute atomic E-state index is 0.399. The fourth-order valence-electron chi connectivity index (χ4n) is 2.73. The number of rotatable bonds is 7. The van der Waals surface area contributed by atoms with Crippen molar-refractivity contribution in [2.24, 2.45) is 5.73 Å². The van der Waals surface area contributed by atoms with E-state index in [2.05, 4.69) is 31.2 Å². The van der Waals surface area contributed by atoms with Gasteiger partial charge in [0.25, 0.3) is 0 Å². The Morgan fingerprint density at radius 2 is 1.86 bits per heavy atom. The monoisotopic (exact) mass is 317 g/mol. The molecule has 22 heavy (non-hydrogen) atoms. The molecule has 0 saturated heterocycles. The largest absolute Gasteiger partial charge is 0.493 e. The molecule has 2 nitrogen and oxygen atoms in total. The Morgan fingerprint density at radius 1 is 1.09 bits per heavy atom. The van der Waals surface area contributed by atoms with Gasteiger partial charge < -0.3 is 10.5 Å². The third-order valence-corrected chi connectivity index (χ3v) is 4.24. The lowest BCUT2D eigenvalue weighted by Gasteiger charge is -2.18. The van der Waals surface area contributed by atoms with Gasteiger partial charge in [0.1, 0.15) is 5.75 Å². The fourth-order valence-corrected chi connectivity index (χ4v) is 2.96. The van der Waals surface area contributed by atoms with Crippen LogP contribution < -0.4 is 10.5 Å². The second kappa shape index (κ2) is 8.21. The summed E-state index contributed by atoms with van der Waals surface area (Å²) in [5.74, 6) is 1.31. The van der Waals surface area contributed by atoms with Crippen LogP contribution >= 0.6 is 11.6 Å². The third kappa shape index (κ3) is 4.49. The first-order valence-electron chi connectivity index (χ1n) is 7.76. The first-order chi connectivity index (χ1) is 10.6. The summed E-state index contributed by atoms with van der Waals surface area (Å²) in [6.07, 6.45) is 2.02. The Hall–Kier alpha value is -1.51. The van der Waals surface area contributed by atoms with Gasteiger partial charge in [0, 0.05) is 5.02 Å². The van der Waals surface area contributed by atoms with Crippen molar-refractivity contribution in [2.75, 3.05) is 13.2 Å². The third-order valence-electron chi connectivity index (χ3n) is 4.00. The Labute approximate surface area is 138 Å². The molecule has 0 radical (unpaired) electrons. The second-order valence-electron chi connectivity index (χ2n) is 5.69. The number of benzene rings is 2. The van der Waals surface area contributed by atoms with E-state index < -0.39 is 0 Å². The Kier molecular flexibility index (Phi) is 6.29. The van der Waals surface area contributed by atoms with Gasteiger partial charge in [-0.25, -0.2) is 0 Å². The average molecular weight is 318 g/mol. The smallest absolute Gasteiger partial charge is 0.122 e. The first kappa shape index (κ1) is 16.9. The molecule has 2 aromatic carbocycles. The predicted molar refractivity (Wildman–Crippen MR) is 93.9 cm³/mol. The molecule has 0 bridgehead atoms. The van der Waals surface area contributed by atoms with E-state index >= 15 is 0 Å². The molecule has 1 atom stereocenters. The highest BCUT2D eigenvalue weighted by Gasteiger charge is 2.11. The average Bonchev–Trinajstić information content (AvgIpc) is 2.50. The van der Waals surface area contributed by atoms with E-state index in [1.807, 2.05) is 25.1 Å². The van der Waals surface area contributed by atoms with Crippen LogP contribution in [0, 0.1) is 13.8 Å². The predicted octanol–water partition coefficient (Wildman–Crippen LogP) is 4.86. The molecule has 2 rings (SSSR count). The van der Waals surface area contributed by atoms with Crippen LogP contribution in [0.2, 0.25) is 5.02 Å². The van der Waals surface area contributed by atoms with Crippen LogP contribution in [0.3, 0.4) is 0 Å². The number of nitrogens with two attached hydrogens (primary N) is 1. The van der Waals surface area contributed by atoms with Crippen LogP contribution in [0.1, 0.15) is 35.4 Å². The van der Waals surface area contributed by atoms with Crippen molar-refractivity contribution in [3.05, 3.63) is 64.2 Å². The molecule has 0 saturated carbocycles. The Morgan fingerprint density at radius 3 is 2.55 bits per heavy atom. The van der Waals surface area contributed by atoms with Gasteiger partial charge in [-0.15, -0.1) is 0 Å². The molecule has 0 amide bonds. The molecule has 0 aliphatic rings. The lowest BCUT2D eigenvalue weighted by molar-refractivity contribution is 0.300. The molecule has 0 aliphatic heterocycles. The highest BCUT2D eigenvalue weighted by Crippen LogP contribution is 2.25. The maximum atomic E-state index is 5.95. The summed E-state index contributed by atoms with van der Waals surface area (Å²) in [4.78, 5) is 0. The molecule has 0 fully saturated rings. The molecular formula is C19H24ClNO. The van der Waals surface area contributed by atoms with Crippen LogP contribution in [0.4, 0.5) is 0 Å². The van der Waals surface area contributed by atoms with Gasteiger partial charge in [0.2, 0.25) is 0 Å². The van der Waals surface area contributed by atoms with Crippen molar-refractivity contribution >= 4 is 11.6 Å². The standard InChI is InChI=1S/C19H24ClNO/c1-14-6-3-4-8-18(14)16(13-21)7-5-11-22-19-10-9-17(20)12-15(19)2/h3-4,6,8-10,12,16H,5,7,11,13,21H2,1-2H3. The molecule has 0 spiro atoms. The molecule has 1 unspecified atom stereocenters. The van der Waals surface area contributed by atoms with Gasteiger partial charge >= 0.3 is 0 Å². The van der Waals surface area contributed by atoms with Crippen molar-refractivity contribution in [2.45, 2.75) is 32.6 Å². The lowest BCUT2D eigenvalue weighted by Crippen LogP contribution is -2.14. The minimum atomic E-state index is 0.399. The zero-order valence-electron chi connectivity index (χ0n) is 13.3. The topological polar surface area (TPSA) is 35.2 Å². The van der Waals surface area contributed by atoms with Crippen LogP contribution in [-0.4, -0.2) is 13.2 Å². The van der Waals surface area contributed by atoms with Crippen molar-refractivity contribution in [1.29, 1.82) is 0 Å². The molecule has 118 valence electrons. The van der Waals surface area contributed by atoms with Crippen LogP contribution in [-0.2, 0) is 0 Å². The molecule has 0 aromatic heterocycles. The number of hydrogen-bond donors (Lipinski definition) is 1. The van der Waals surface area contributed by atoms with Gasteiger partial charge in [0.15, 0.2) is 0 Å². The van der Waals surface area contributed by atoms with E-state index in [0.29, 0.717) is 19.1 Å². The van der Waals surface area contributed by atoms with E-state index in [1.54, 1.807) is 0 Å². The summed E-state index contributed by atoms with van der Waals surface area (Å²) in [6.45, 7) is 5.53. The van der Waals surface area contributed by atoms with Gasteiger partial charge in [-0.05, 0) is 74.0 Å². The van der Waals surface area contributed by atoms with E-state index in [9.17, 15) is 0 Å². The van der Waals surface area contributed by atoms with Gasteiger partial charge in [-0.3, -0.25) is 0 Å². The minimum Gasteiger partial charge on any atom is -0.493 e. The first-order valence-corrected chi connectivity index (χ1v) is 8.14. The summed E-state index contributed by atoms with van der Waals surface area (Å²) in [5.41, 5.74) is 9.69. The summed E-state index contributed by atoms with van der Waals surface area (Å²) >= 11 is 5.95. The van der Waals surface area contributed by atoms with Crippen LogP contribution in [0.15, 0.2) is 42.5 Å². The number of ether oxygens (including phenoxy) is 1. The Bertz CT molecular complexity index is 612. The van der Waals surface area contributed by atoms with Crippen LogP contribution in [0.5, 0.6) is 5.75 Å². The SMILES string of the molecule is Cc1cc(Cl)ccc1OCCCC(CN)c1ccccc1C. The van der Waals surface area contributed by atoms with Crippen molar-refractivity contribution in [1.82, 2.24) is 0 Å². The maximum Gasteiger partial charge on any atom is 0.122 e. The van der Waals surface area contributed by atoms with Gasteiger partial charge in [0.05, 0.1) is 6.61 Å². The molecule has 2 N–H and O–H groups in total. The van der Waals surface area contributed by atoms with Crippen molar-refractivity contribution < 1.29 is 4.74 Å². The highest BCUT2D eigenvalue weighted by atomic mass is 35.5. The summed E-state index contributed by atoms with van der Waals surface area (Å²) in [5, 5.41) is 0.743. The molecule has 0 aliphatic carbocycles. The number of halogens is 1. The maximum absolute atomic E-state index is 5.95. The van der Waals surface area contributed by atoms with Crippen molar-refractivity contribution in [3.8, 4) is 5.75 Å². The highest BCUT2D eigenvalue weighted by molar-refractivity contribution is 6.30. The zero-order chi connectivity index (χ0) is 15.9. The second-order valence-corrected chi connectivity index (χ2v) is 6.13. The van der Waals surface area contributed by atoms with Gasteiger partial charge in [-0.2, -0.15) is 0 Å². The molecule has 2 aromatic rings. The van der Waals surface area contributed by atoms with E-state index in [-0.39, 0.29) is 0 Å². The summed E-state index contributed by atoms with van der Waals surface area (Å²) in [6, 6.07) is 14.2. The summed E-state index contributed by atoms with van der Waals surface area (Å²) < 4.78 is 5.85. The van der Waals surface area contributed by atoms with Crippen molar-refractivity contribution in [3.63, 3.8) is 0 Å². The van der Waals surface area contributed by atoms with E-state index in [4.69, 9.17) is 22.1 Å². The molecular weight excluding hydrogens is 294 g/mol. The summed E-state index contributed by atoms with van der Waals surface area (Å²) in [7, 11) is 0. The lowest BCUT2D eigenvalue weighted by atomic mass is 9.91. The number of aryl methyl sites for hydroxylation is 2. The van der Waals surface area contributed by atoms with Gasteiger partial charge in [-0.1, -0.05) is 35.9 Å². The zero-order valence-corrected chi connectivity index (χ0v) is 14.1. The van der Waals surface area contributed by atoms with E-state index in [1.165, 1.54) is 11.1 Å². The van der Waals surface area contributed by atoms with E-state index in [0.717, 1.165) is 29.2 Å². The molecule has 0 heterocycles. The number of hydrogen-bond acceptors (Lipinski definition) is 2. The normalized spacial score (nSPS) is 12.2. The quantitative estimate of drug-likeness (QED) is 0.740. The Balaban J connectivity index is 1.86.